The summed E-state index contributed by atoms with van der Waals surface area (Å²) in [7, 11) is 0. The number of aromatic amines is 1. The van der Waals surface area contributed by atoms with Crippen LogP contribution in [0.3, 0.4) is 0 Å². The number of hydrogen-bond donors (Lipinski definition) is 3. The third kappa shape index (κ3) is 4.30. The molecule has 1 heterocycles. The first kappa shape index (κ1) is 15.5. The Hall–Kier alpha value is -1.86. The van der Waals surface area contributed by atoms with Crippen LogP contribution in [0.25, 0.3) is 0 Å². The summed E-state index contributed by atoms with van der Waals surface area (Å²) in [5, 5.41) is 10.1. The number of aromatic nitrogens is 3. The minimum absolute atomic E-state index is 0.153. The first-order valence-electron chi connectivity index (χ1n) is 6.80. The van der Waals surface area contributed by atoms with Gasteiger partial charge in [-0.05, 0) is 30.2 Å². The molecule has 0 spiro atoms. The van der Waals surface area contributed by atoms with E-state index in [0.29, 0.717) is 0 Å². The van der Waals surface area contributed by atoms with Crippen LogP contribution in [0.5, 0.6) is 0 Å². The first-order chi connectivity index (χ1) is 10.1. The molecule has 112 valence electrons. The molecule has 2 rings (SSSR count). The largest absolute Gasteiger partial charge is 0.325 e. The van der Waals surface area contributed by atoms with Crippen molar-refractivity contribution in [2.45, 2.75) is 36.4 Å². The van der Waals surface area contributed by atoms with Gasteiger partial charge in [-0.15, -0.1) is 0 Å². The van der Waals surface area contributed by atoms with E-state index in [9.17, 15) is 4.79 Å². The van der Waals surface area contributed by atoms with Gasteiger partial charge in [-0.1, -0.05) is 32.0 Å². The molecule has 0 saturated heterocycles. The van der Waals surface area contributed by atoms with Crippen LogP contribution < -0.4 is 11.1 Å². The highest BCUT2D eigenvalue weighted by Crippen LogP contribution is 2.25. The van der Waals surface area contributed by atoms with Crippen LogP contribution >= 0.6 is 11.8 Å². The SMILES string of the molecule is CCC(C)[C@H](N)C(=O)Nc1ccc(Sc2ncn[nH]2)cc1. The molecule has 0 fully saturated rings. The second-order valence-corrected chi connectivity index (χ2v) is 5.88. The predicted octanol–water partition coefficient (Wildman–Crippen LogP) is 2.27. The highest BCUT2D eigenvalue weighted by atomic mass is 32.2. The molecule has 0 bridgehead atoms. The fraction of sp³-hybridized carbons (Fsp3) is 0.357. The molecule has 0 radical (unpaired) electrons. The van der Waals surface area contributed by atoms with Gasteiger partial charge in [0.15, 0.2) is 5.16 Å². The molecule has 1 aromatic carbocycles. The van der Waals surface area contributed by atoms with Crippen molar-refractivity contribution in [2.75, 3.05) is 5.32 Å². The lowest BCUT2D eigenvalue weighted by molar-refractivity contribution is -0.118. The Bertz CT molecular complexity index is 570. The van der Waals surface area contributed by atoms with Gasteiger partial charge < -0.3 is 11.1 Å². The molecule has 2 aromatic rings. The summed E-state index contributed by atoms with van der Waals surface area (Å²) < 4.78 is 0. The summed E-state index contributed by atoms with van der Waals surface area (Å²) in [6.07, 6.45) is 2.34. The maximum Gasteiger partial charge on any atom is 0.241 e. The number of anilines is 1. The van der Waals surface area contributed by atoms with E-state index in [-0.39, 0.29) is 11.8 Å². The monoisotopic (exact) mass is 305 g/mol. The second-order valence-electron chi connectivity index (χ2n) is 4.82. The average Bonchev–Trinajstić information content (AvgIpc) is 3.00. The van der Waals surface area contributed by atoms with Crippen molar-refractivity contribution in [3.8, 4) is 0 Å². The Morgan fingerprint density at radius 3 is 2.71 bits per heavy atom. The molecular weight excluding hydrogens is 286 g/mol. The highest BCUT2D eigenvalue weighted by molar-refractivity contribution is 7.99. The average molecular weight is 305 g/mol. The zero-order valence-corrected chi connectivity index (χ0v) is 12.9. The van der Waals surface area contributed by atoms with Crippen molar-refractivity contribution in [1.82, 2.24) is 15.2 Å². The molecule has 7 heteroatoms. The molecule has 1 amide bonds. The quantitative estimate of drug-likeness (QED) is 0.760. The summed E-state index contributed by atoms with van der Waals surface area (Å²) in [4.78, 5) is 17.0. The number of rotatable bonds is 6. The Labute approximate surface area is 127 Å². The van der Waals surface area contributed by atoms with E-state index in [0.717, 1.165) is 22.2 Å². The van der Waals surface area contributed by atoms with Gasteiger partial charge in [0.2, 0.25) is 5.91 Å². The minimum atomic E-state index is -0.488. The Balaban J connectivity index is 1.94. The lowest BCUT2D eigenvalue weighted by Gasteiger charge is -2.17. The molecular formula is C14H19N5OS. The number of carbonyl (C=O) groups is 1. The van der Waals surface area contributed by atoms with Crippen LogP contribution in [0.15, 0.2) is 40.6 Å². The van der Waals surface area contributed by atoms with Crippen molar-refractivity contribution >= 4 is 23.4 Å². The summed E-state index contributed by atoms with van der Waals surface area (Å²) in [5.74, 6) is 0.00580. The van der Waals surface area contributed by atoms with Gasteiger partial charge in [0, 0.05) is 10.6 Å². The number of nitrogens with one attached hydrogen (secondary N) is 2. The number of hydrogen-bond acceptors (Lipinski definition) is 5. The maximum absolute atomic E-state index is 12.0. The van der Waals surface area contributed by atoms with Gasteiger partial charge in [-0.25, -0.2) is 4.98 Å². The molecule has 21 heavy (non-hydrogen) atoms. The van der Waals surface area contributed by atoms with Crippen molar-refractivity contribution in [1.29, 1.82) is 0 Å². The normalized spacial score (nSPS) is 13.7. The molecule has 1 unspecified atom stereocenters. The molecule has 0 aliphatic carbocycles. The van der Waals surface area contributed by atoms with Crippen LogP contribution in [-0.4, -0.2) is 27.1 Å². The van der Waals surface area contributed by atoms with Gasteiger partial charge in [-0.3, -0.25) is 9.89 Å². The fourth-order valence-corrected chi connectivity index (χ4v) is 2.39. The zero-order valence-electron chi connectivity index (χ0n) is 12.0. The third-order valence-corrected chi connectivity index (χ3v) is 4.19. The lowest BCUT2D eigenvalue weighted by Crippen LogP contribution is -2.40. The van der Waals surface area contributed by atoms with Gasteiger partial charge in [-0.2, -0.15) is 5.10 Å². The number of nitrogens with two attached hydrogens (primary N) is 1. The summed E-state index contributed by atoms with van der Waals surface area (Å²) >= 11 is 1.47. The smallest absolute Gasteiger partial charge is 0.241 e. The Morgan fingerprint density at radius 2 is 2.14 bits per heavy atom. The number of nitrogens with zero attached hydrogens (tertiary/aromatic N) is 2. The van der Waals surface area contributed by atoms with E-state index in [1.807, 2.05) is 38.1 Å². The van der Waals surface area contributed by atoms with Crippen LogP contribution in [0.4, 0.5) is 5.69 Å². The minimum Gasteiger partial charge on any atom is -0.325 e. The molecule has 6 nitrogen and oxygen atoms in total. The third-order valence-electron chi connectivity index (χ3n) is 3.29. The van der Waals surface area contributed by atoms with Crippen LogP contribution in [0.1, 0.15) is 20.3 Å². The van der Waals surface area contributed by atoms with Crippen LogP contribution in [0.2, 0.25) is 0 Å². The molecule has 2 atom stereocenters. The zero-order chi connectivity index (χ0) is 15.2. The first-order valence-corrected chi connectivity index (χ1v) is 7.61. The highest BCUT2D eigenvalue weighted by Gasteiger charge is 2.19. The maximum atomic E-state index is 12.0. The molecule has 0 saturated carbocycles. The van der Waals surface area contributed by atoms with E-state index in [4.69, 9.17) is 5.73 Å². The van der Waals surface area contributed by atoms with E-state index in [1.54, 1.807) is 0 Å². The molecule has 4 N–H and O–H groups in total. The Kier molecular flexibility index (Phi) is 5.35. The Morgan fingerprint density at radius 1 is 1.43 bits per heavy atom. The molecule has 0 aliphatic heterocycles. The molecule has 0 aliphatic rings. The number of carbonyl (C=O) groups excluding carboxylic acids is 1. The van der Waals surface area contributed by atoms with Crippen LogP contribution in [0, 0.1) is 5.92 Å². The van der Waals surface area contributed by atoms with Gasteiger partial charge >= 0.3 is 0 Å². The van der Waals surface area contributed by atoms with E-state index in [2.05, 4.69) is 20.5 Å². The summed E-state index contributed by atoms with van der Waals surface area (Å²) in [6, 6.07) is 7.04. The van der Waals surface area contributed by atoms with Crippen molar-refractivity contribution in [2.24, 2.45) is 11.7 Å². The standard InChI is InChI=1S/C14H19N5OS/c1-3-9(2)12(15)13(20)18-10-4-6-11(7-5-10)21-14-16-8-17-19-14/h4-9,12H,3,15H2,1-2H3,(H,18,20)(H,16,17,19)/t9?,12-/m0/s1. The fourth-order valence-electron chi connectivity index (χ4n) is 1.70. The van der Waals surface area contributed by atoms with E-state index >= 15 is 0 Å². The number of H-pyrrole nitrogens is 1. The van der Waals surface area contributed by atoms with Crippen molar-refractivity contribution < 1.29 is 4.79 Å². The van der Waals surface area contributed by atoms with Gasteiger partial charge in [0.05, 0.1) is 6.04 Å². The van der Waals surface area contributed by atoms with Gasteiger partial charge in [0.25, 0.3) is 0 Å². The van der Waals surface area contributed by atoms with Crippen molar-refractivity contribution in [3.63, 3.8) is 0 Å². The van der Waals surface area contributed by atoms with Crippen LogP contribution in [-0.2, 0) is 4.79 Å². The van der Waals surface area contributed by atoms with Crippen molar-refractivity contribution in [3.05, 3.63) is 30.6 Å². The van der Waals surface area contributed by atoms with E-state index in [1.165, 1.54) is 18.1 Å². The number of amides is 1. The van der Waals surface area contributed by atoms with E-state index < -0.39 is 6.04 Å². The number of benzene rings is 1. The van der Waals surface area contributed by atoms with Gasteiger partial charge in [0.1, 0.15) is 6.33 Å². The summed E-state index contributed by atoms with van der Waals surface area (Å²) in [5.41, 5.74) is 6.64. The summed E-state index contributed by atoms with van der Waals surface area (Å²) in [6.45, 7) is 3.99. The second kappa shape index (κ2) is 7.24. The molecule has 1 aromatic heterocycles. The lowest BCUT2D eigenvalue weighted by atomic mass is 9.99. The topological polar surface area (TPSA) is 96.7 Å². The predicted molar refractivity (Wildman–Crippen MR) is 83.0 cm³/mol.